The molecule has 3 rings (SSSR count). The van der Waals surface area contributed by atoms with E-state index in [4.69, 9.17) is 37.8 Å². The summed E-state index contributed by atoms with van der Waals surface area (Å²) in [5.74, 6) is -2.18. The van der Waals surface area contributed by atoms with E-state index in [0.717, 1.165) is 0 Å². The fourth-order valence-corrected chi connectivity index (χ4v) is 4.20. The lowest BCUT2D eigenvalue weighted by atomic mass is 10.1. The average Bonchev–Trinajstić information content (AvgIpc) is 3.11. The molecular weight excluding hydrogens is 551 g/mol. The van der Waals surface area contributed by atoms with Crippen LogP contribution in [-0.4, -0.2) is 69.7 Å². The van der Waals surface area contributed by atoms with E-state index in [1.165, 1.54) is 25.1 Å². The van der Waals surface area contributed by atoms with Crippen molar-refractivity contribution in [1.82, 2.24) is 15.2 Å². The SMILES string of the molecule is Cc1[nH]c(C(=O)Nc2ccc(C(=O)N[C@H](C)C(=O)O)cc2OC2CCN(C(=O)OC(C)(C)C)CC2)c(Cl)c1Cl. The minimum absolute atomic E-state index is 0.0629. The van der Waals surface area contributed by atoms with Crippen molar-refractivity contribution in [3.8, 4) is 5.75 Å². The molecule has 4 N–H and O–H groups in total. The van der Waals surface area contributed by atoms with Gasteiger partial charge in [-0.2, -0.15) is 0 Å². The van der Waals surface area contributed by atoms with Crippen molar-refractivity contribution in [2.24, 2.45) is 0 Å². The van der Waals surface area contributed by atoms with Crippen molar-refractivity contribution >= 4 is 52.8 Å². The number of aromatic nitrogens is 1. The maximum atomic E-state index is 13.0. The molecule has 0 bridgehead atoms. The Labute approximate surface area is 236 Å². The number of carbonyl (C=O) groups excluding carboxylic acids is 3. The van der Waals surface area contributed by atoms with E-state index in [1.807, 2.05) is 0 Å². The number of likely N-dealkylation sites (tertiary alicyclic amines) is 1. The zero-order chi connectivity index (χ0) is 29.1. The monoisotopic (exact) mass is 582 g/mol. The molecule has 212 valence electrons. The van der Waals surface area contributed by atoms with Gasteiger partial charge in [0, 0.05) is 37.2 Å². The number of benzene rings is 1. The summed E-state index contributed by atoms with van der Waals surface area (Å²) in [5.41, 5.74) is 0.380. The topological polar surface area (TPSA) is 150 Å². The van der Waals surface area contributed by atoms with Crippen LogP contribution in [0.5, 0.6) is 5.75 Å². The number of H-pyrrole nitrogens is 1. The minimum Gasteiger partial charge on any atom is -0.488 e. The highest BCUT2D eigenvalue weighted by atomic mass is 35.5. The molecule has 0 unspecified atom stereocenters. The summed E-state index contributed by atoms with van der Waals surface area (Å²) in [6, 6.07) is 3.23. The Hall–Kier alpha value is -3.44. The average molecular weight is 583 g/mol. The van der Waals surface area contributed by atoms with Gasteiger partial charge < -0.3 is 35.1 Å². The summed E-state index contributed by atoms with van der Waals surface area (Å²) in [4.78, 5) is 53.6. The van der Waals surface area contributed by atoms with E-state index in [0.29, 0.717) is 31.6 Å². The van der Waals surface area contributed by atoms with Gasteiger partial charge in [-0.3, -0.25) is 14.4 Å². The molecule has 0 radical (unpaired) electrons. The van der Waals surface area contributed by atoms with Gasteiger partial charge in [0.1, 0.15) is 29.2 Å². The van der Waals surface area contributed by atoms with Crippen molar-refractivity contribution in [2.45, 2.75) is 65.2 Å². The molecule has 13 heteroatoms. The number of hydrogen-bond acceptors (Lipinski definition) is 6. The zero-order valence-electron chi connectivity index (χ0n) is 22.3. The van der Waals surface area contributed by atoms with Gasteiger partial charge in [-0.15, -0.1) is 0 Å². The molecule has 0 aliphatic carbocycles. The number of hydrogen-bond donors (Lipinski definition) is 4. The predicted molar refractivity (Wildman–Crippen MR) is 146 cm³/mol. The Morgan fingerprint density at radius 2 is 1.74 bits per heavy atom. The molecule has 1 aliphatic rings. The highest BCUT2D eigenvalue weighted by Crippen LogP contribution is 2.33. The number of carboxylic acid groups (broad SMARTS) is 1. The second-order valence-electron chi connectivity index (χ2n) is 10.2. The van der Waals surface area contributed by atoms with Crippen LogP contribution in [0.3, 0.4) is 0 Å². The fourth-order valence-electron chi connectivity index (χ4n) is 3.78. The van der Waals surface area contributed by atoms with Crippen molar-refractivity contribution in [2.75, 3.05) is 18.4 Å². The number of aryl methyl sites for hydroxylation is 1. The molecule has 1 atom stereocenters. The van der Waals surface area contributed by atoms with E-state index >= 15 is 0 Å². The van der Waals surface area contributed by atoms with Crippen LogP contribution in [0.2, 0.25) is 10.0 Å². The van der Waals surface area contributed by atoms with Crippen LogP contribution in [0, 0.1) is 6.92 Å². The molecule has 2 aromatic rings. The number of anilines is 1. The lowest BCUT2D eigenvalue weighted by Crippen LogP contribution is -2.44. The van der Waals surface area contributed by atoms with E-state index in [9.17, 15) is 19.2 Å². The Balaban J connectivity index is 1.81. The third kappa shape index (κ3) is 7.79. The number of nitrogens with zero attached hydrogens (tertiary/aromatic N) is 1. The standard InChI is InChI=1S/C26H32Cl2N4O7/c1-13-19(27)20(28)21(29-13)23(34)31-17-7-6-15(22(33)30-14(2)24(35)36)12-18(17)38-16-8-10-32(11-9-16)25(37)39-26(3,4)5/h6-7,12,14,16,29H,8-11H2,1-5H3,(H,30,33)(H,31,34)(H,35,36)/t14-/m1/s1. The number of piperidine rings is 1. The van der Waals surface area contributed by atoms with Gasteiger partial charge in [0.25, 0.3) is 11.8 Å². The summed E-state index contributed by atoms with van der Waals surface area (Å²) in [6.45, 7) is 9.21. The first-order chi connectivity index (χ1) is 18.2. The summed E-state index contributed by atoms with van der Waals surface area (Å²) < 4.78 is 11.6. The molecule has 3 amide bonds. The summed E-state index contributed by atoms with van der Waals surface area (Å²) in [7, 11) is 0. The van der Waals surface area contributed by atoms with Crippen LogP contribution in [0.4, 0.5) is 10.5 Å². The van der Waals surface area contributed by atoms with Crippen molar-refractivity contribution in [3.63, 3.8) is 0 Å². The van der Waals surface area contributed by atoms with Crippen LogP contribution in [0.25, 0.3) is 0 Å². The highest BCUT2D eigenvalue weighted by molar-refractivity contribution is 6.44. The molecule has 11 nitrogen and oxygen atoms in total. The normalized spacial score (nSPS) is 14.9. The van der Waals surface area contributed by atoms with Crippen molar-refractivity contribution < 1.29 is 33.8 Å². The quantitative estimate of drug-likeness (QED) is 0.364. The molecule has 1 saturated heterocycles. The zero-order valence-corrected chi connectivity index (χ0v) is 23.8. The van der Waals surface area contributed by atoms with Gasteiger partial charge in [-0.25, -0.2) is 4.79 Å². The third-order valence-corrected chi connectivity index (χ3v) is 6.83. The number of rotatable bonds is 7. The maximum absolute atomic E-state index is 13.0. The lowest BCUT2D eigenvalue weighted by molar-refractivity contribution is -0.138. The number of carboxylic acids is 1. The Kier molecular flexibility index (Phi) is 9.39. The maximum Gasteiger partial charge on any atom is 0.410 e. The molecule has 0 saturated carbocycles. The number of nitrogens with one attached hydrogen (secondary N) is 3. The smallest absolute Gasteiger partial charge is 0.410 e. The molecule has 39 heavy (non-hydrogen) atoms. The van der Waals surface area contributed by atoms with Gasteiger partial charge >= 0.3 is 12.1 Å². The third-order valence-electron chi connectivity index (χ3n) is 5.88. The highest BCUT2D eigenvalue weighted by Gasteiger charge is 2.29. The number of amides is 3. The van der Waals surface area contributed by atoms with E-state index in [2.05, 4.69) is 15.6 Å². The number of halogens is 2. The van der Waals surface area contributed by atoms with Crippen molar-refractivity contribution in [1.29, 1.82) is 0 Å². The molecule has 1 aromatic heterocycles. The summed E-state index contributed by atoms with van der Waals surface area (Å²) in [5, 5.41) is 14.5. The molecule has 0 spiro atoms. The van der Waals surface area contributed by atoms with E-state index in [1.54, 1.807) is 32.6 Å². The van der Waals surface area contributed by atoms with Gasteiger partial charge in [0.15, 0.2) is 0 Å². The lowest BCUT2D eigenvalue weighted by Gasteiger charge is -2.33. The van der Waals surface area contributed by atoms with Crippen LogP contribution >= 0.6 is 23.2 Å². The van der Waals surface area contributed by atoms with Gasteiger partial charge in [0.05, 0.1) is 15.7 Å². The fraction of sp³-hybridized carbons (Fsp3) is 0.462. The Bertz CT molecular complexity index is 1260. The molecule has 1 aliphatic heterocycles. The van der Waals surface area contributed by atoms with Crippen LogP contribution in [0.1, 0.15) is 67.1 Å². The largest absolute Gasteiger partial charge is 0.488 e. The van der Waals surface area contributed by atoms with Crippen molar-refractivity contribution in [3.05, 3.63) is 45.2 Å². The van der Waals surface area contributed by atoms with Crippen LogP contribution in [-0.2, 0) is 9.53 Å². The predicted octanol–water partition coefficient (Wildman–Crippen LogP) is 4.86. The Morgan fingerprint density at radius 1 is 1.10 bits per heavy atom. The second-order valence-corrected chi connectivity index (χ2v) is 11.0. The molecule has 1 fully saturated rings. The first-order valence-corrected chi connectivity index (χ1v) is 13.1. The Morgan fingerprint density at radius 3 is 2.28 bits per heavy atom. The van der Waals surface area contributed by atoms with Gasteiger partial charge in [-0.05, 0) is 52.8 Å². The first kappa shape index (κ1) is 30.1. The number of aromatic amines is 1. The molecular formula is C26H32Cl2N4O7. The first-order valence-electron chi connectivity index (χ1n) is 12.3. The van der Waals surface area contributed by atoms with Gasteiger partial charge in [-0.1, -0.05) is 23.2 Å². The van der Waals surface area contributed by atoms with Crippen LogP contribution in [0.15, 0.2) is 18.2 Å². The molecule has 1 aromatic carbocycles. The number of ether oxygens (including phenoxy) is 2. The van der Waals surface area contributed by atoms with Gasteiger partial charge in [0.2, 0.25) is 0 Å². The van der Waals surface area contributed by atoms with Crippen LogP contribution < -0.4 is 15.4 Å². The number of carbonyl (C=O) groups is 4. The number of aliphatic carboxylic acids is 1. The molecule has 2 heterocycles. The summed E-state index contributed by atoms with van der Waals surface area (Å²) >= 11 is 12.3. The summed E-state index contributed by atoms with van der Waals surface area (Å²) in [6.07, 6.45) is 0.227. The van der Waals surface area contributed by atoms with E-state index in [-0.39, 0.29) is 38.8 Å². The van der Waals surface area contributed by atoms with E-state index < -0.39 is 35.5 Å². The minimum atomic E-state index is -1.18. The second kappa shape index (κ2) is 12.2.